The van der Waals surface area contributed by atoms with Gasteiger partial charge in [0.25, 0.3) is 0 Å². The molecule has 0 fully saturated rings. The normalized spacial score (nSPS) is 9.46. The lowest BCUT2D eigenvalue weighted by Crippen LogP contribution is -2.13. The zero-order chi connectivity index (χ0) is 31.4. The quantitative estimate of drug-likeness (QED) is 0.209. The van der Waals surface area contributed by atoms with Crippen molar-refractivity contribution in [2.45, 2.75) is 33.6 Å². The average Bonchev–Trinajstić information content (AvgIpc) is 2.92. The molecule has 0 saturated heterocycles. The van der Waals surface area contributed by atoms with Gasteiger partial charge in [0.05, 0.1) is 54.7 Å². The molecule has 13 heteroatoms. The van der Waals surface area contributed by atoms with Gasteiger partial charge in [0.15, 0.2) is 0 Å². The highest BCUT2D eigenvalue weighted by Gasteiger charge is 2.22. The summed E-state index contributed by atoms with van der Waals surface area (Å²) in [5, 5.41) is 9.51. The number of hydrogen-bond acceptors (Lipinski definition) is 11. The van der Waals surface area contributed by atoms with Crippen LogP contribution in [0.15, 0.2) is 30.3 Å². The molecular weight excluding hydrogens is 564 g/mol. The van der Waals surface area contributed by atoms with Crippen molar-refractivity contribution in [1.29, 1.82) is 0 Å². The van der Waals surface area contributed by atoms with Gasteiger partial charge in [-0.15, -0.1) is 0 Å². The Kier molecular flexibility index (Phi) is 18.6. The number of aliphatic carboxylic acids is 1. The molecule has 12 nitrogen and oxygen atoms in total. The number of methoxy groups -OCH3 is 4. The standard InChI is InChI=1S/C13H16O6.C8H9ClO2.C7H12O4/c1-4-19-13(16)12-8(6-11(14)15)5-9(17-2)7-10(12)18-3;1-10-7-3-6(9)4-8(5-7)11-2;1-3-10-6(8)5-7(9)11-4-2/h5,7H,4,6H2,1-3H3,(H,14,15);3-5H,1-2H3;3-5H2,1-2H3. The molecule has 1 N–H and O–H groups in total. The Morgan fingerprint density at radius 1 is 0.683 bits per heavy atom. The predicted molar refractivity (Wildman–Crippen MR) is 149 cm³/mol. The van der Waals surface area contributed by atoms with E-state index < -0.39 is 23.9 Å². The number of halogens is 1. The third-order valence-corrected chi connectivity index (χ3v) is 4.87. The third-order valence-electron chi connectivity index (χ3n) is 4.65. The number of ether oxygens (including phenoxy) is 7. The summed E-state index contributed by atoms with van der Waals surface area (Å²) in [7, 11) is 6.02. The zero-order valence-corrected chi connectivity index (χ0v) is 25.0. The highest BCUT2D eigenvalue weighted by Crippen LogP contribution is 2.30. The maximum Gasteiger partial charge on any atom is 0.342 e. The fraction of sp³-hybridized carbons (Fsp3) is 0.429. The van der Waals surface area contributed by atoms with E-state index in [1.807, 2.05) is 0 Å². The van der Waals surface area contributed by atoms with Gasteiger partial charge in [-0.25, -0.2) is 4.79 Å². The molecule has 0 atom stereocenters. The molecule has 2 rings (SSSR count). The molecule has 2 aromatic carbocycles. The van der Waals surface area contributed by atoms with E-state index in [0.29, 0.717) is 27.8 Å². The molecular formula is C28H37ClO12. The highest BCUT2D eigenvalue weighted by atomic mass is 35.5. The third kappa shape index (κ3) is 14.7. The number of carbonyl (C=O) groups excluding carboxylic acids is 3. The summed E-state index contributed by atoms with van der Waals surface area (Å²) in [5.74, 6) is -0.685. The van der Waals surface area contributed by atoms with E-state index in [1.54, 1.807) is 53.2 Å². The minimum absolute atomic E-state index is 0.118. The summed E-state index contributed by atoms with van der Waals surface area (Å²) in [6, 6.07) is 8.22. The van der Waals surface area contributed by atoms with Crippen molar-refractivity contribution in [3.63, 3.8) is 0 Å². The first-order valence-corrected chi connectivity index (χ1v) is 12.7. The second-order valence-corrected chi connectivity index (χ2v) is 7.91. The van der Waals surface area contributed by atoms with Gasteiger partial charge in [0.1, 0.15) is 35.0 Å². The highest BCUT2D eigenvalue weighted by molar-refractivity contribution is 6.30. The molecule has 0 amide bonds. The van der Waals surface area contributed by atoms with Crippen LogP contribution in [0.1, 0.15) is 43.1 Å². The summed E-state index contributed by atoms with van der Waals surface area (Å²) >= 11 is 5.75. The Morgan fingerprint density at radius 3 is 1.54 bits per heavy atom. The van der Waals surface area contributed by atoms with Crippen LogP contribution in [0.2, 0.25) is 5.02 Å². The van der Waals surface area contributed by atoms with E-state index >= 15 is 0 Å². The first-order chi connectivity index (χ1) is 19.5. The molecule has 0 spiro atoms. The van der Waals surface area contributed by atoms with Gasteiger partial charge in [-0.2, -0.15) is 0 Å². The van der Waals surface area contributed by atoms with Crippen LogP contribution in [0.3, 0.4) is 0 Å². The molecule has 41 heavy (non-hydrogen) atoms. The Bertz CT molecular complexity index is 1100. The summed E-state index contributed by atoms with van der Waals surface area (Å²) in [5.41, 5.74) is 0.412. The Balaban J connectivity index is 0.000000625. The van der Waals surface area contributed by atoms with E-state index in [1.165, 1.54) is 26.4 Å². The maximum atomic E-state index is 11.9. The lowest BCUT2D eigenvalue weighted by molar-refractivity contribution is -0.154. The van der Waals surface area contributed by atoms with Crippen LogP contribution in [0.5, 0.6) is 23.0 Å². The van der Waals surface area contributed by atoms with Gasteiger partial charge in [-0.3, -0.25) is 14.4 Å². The van der Waals surface area contributed by atoms with E-state index in [4.69, 9.17) is 40.4 Å². The van der Waals surface area contributed by atoms with Crippen molar-refractivity contribution in [2.24, 2.45) is 0 Å². The van der Waals surface area contributed by atoms with E-state index in [0.717, 1.165) is 0 Å². The van der Waals surface area contributed by atoms with Crippen molar-refractivity contribution in [1.82, 2.24) is 0 Å². The molecule has 0 aromatic heterocycles. The van der Waals surface area contributed by atoms with Crippen LogP contribution < -0.4 is 18.9 Å². The monoisotopic (exact) mass is 600 g/mol. The van der Waals surface area contributed by atoms with Gasteiger partial charge >= 0.3 is 23.9 Å². The Labute approximate surface area is 244 Å². The Morgan fingerprint density at radius 2 is 1.15 bits per heavy atom. The van der Waals surface area contributed by atoms with Crippen LogP contribution >= 0.6 is 11.6 Å². The molecule has 2 aromatic rings. The summed E-state index contributed by atoms with van der Waals surface area (Å²) in [6.07, 6.45) is -0.608. The summed E-state index contributed by atoms with van der Waals surface area (Å²) < 4.78 is 34.1. The van der Waals surface area contributed by atoms with Crippen LogP contribution in [0.25, 0.3) is 0 Å². The van der Waals surface area contributed by atoms with Crippen molar-refractivity contribution in [2.75, 3.05) is 48.3 Å². The fourth-order valence-corrected chi connectivity index (χ4v) is 3.19. The molecule has 0 aliphatic carbocycles. The number of hydrogen-bond donors (Lipinski definition) is 1. The Hall–Kier alpha value is -4.19. The summed E-state index contributed by atoms with van der Waals surface area (Å²) in [4.78, 5) is 44.0. The van der Waals surface area contributed by atoms with Crippen LogP contribution in [-0.4, -0.2) is 77.2 Å². The smallest absolute Gasteiger partial charge is 0.342 e. The van der Waals surface area contributed by atoms with Crippen LogP contribution in [0.4, 0.5) is 0 Å². The molecule has 0 saturated carbocycles. The minimum atomic E-state index is -1.05. The van der Waals surface area contributed by atoms with E-state index in [9.17, 15) is 19.2 Å². The minimum Gasteiger partial charge on any atom is -0.497 e. The van der Waals surface area contributed by atoms with Gasteiger partial charge in [-0.05, 0) is 44.5 Å². The lowest BCUT2D eigenvalue weighted by Gasteiger charge is -2.13. The SMILES string of the molecule is CCOC(=O)CC(=O)OCC.CCOC(=O)c1c(CC(=O)O)cc(OC)cc1OC.COc1cc(Cl)cc(OC)c1. The topological polar surface area (TPSA) is 153 Å². The molecule has 0 bridgehead atoms. The van der Waals surface area contributed by atoms with Gasteiger partial charge in [-0.1, -0.05) is 11.6 Å². The van der Waals surface area contributed by atoms with Crippen LogP contribution in [0, 0.1) is 0 Å². The first-order valence-electron chi connectivity index (χ1n) is 12.3. The number of carboxylic acid groups (broad SMARTS) is 1. The number of esters is 3. The number of carbonyl (C=O) groups is 4. The van der Waals surface area contributed by atoms with Crippen molar-refractivity contribution < 1.29 is 57.4 Å². The largest absolute Gasteiger partial charge is 0.497 e. The van der Waals surface area contributed by atoms with Crippen LogP contribution in [-0.2, 0) is 35.0 Å². The van der Waals surface area contributed by atoms with Crippen molar-refractivity contribution >= 4 is 35.5 Å². The van der Waals surface area contributed by atoms with Gasteiger partial charge in [0, 0.05) is 17.2 Å². The lowest BCUT2D eigenvalue weighted by atomic mass is 10.0. The number of rotatable bonds is 12. The summed E-state index contributed by atoms with van der Waals surface area (Å²) in [6.45, 7) is 5.81. The maximum absolute atomic E-state index is 11.9. The van der Waals surface area contributed by atoms with E-state index in [2.05, 4.69) is 9.47 Å². The molecule has 0 aliphatic rings. The second-order valence-electron chi connectivity index (χ2n) is 7.47. The molecule has 0 radical (unpaired) electrons. The fourth-order valence-electron chi connectivity index (χ4n) is 2.98. The van der Waals surface area contributed by atoms with Crippen molar-refractivity contribution in [3.05, 3.63) is 46.5 Å². The number of benzene rings is 2. The average molecular weight is 601 g/mol. The molecule has 0 unspecified atom stereocenters. The molecule has 228 valence electrons. The van der Waals surface area contributed by atoms with Gasteiger partial charge in [0.2, 0.25) is 0 Å². The van der Waals surface area contributed by atoms with Crippen molar-refractivity contribution in [3.8, 4) is 23.0 Å². The van der Waals surface area contributed by atoms with Gasteiger partial charge < -0.3 is 38.3 Å². The molecule has 0 aliphatic heterocycles. The van der Waals surface area contributed by atoms with E-state index in [-0.39, 0.29) is 44.0 Å². The predicted octanol–water partition coefficient (Wildman–Crippen LogP) is 4.37. The second kappa shape index (κ2) is 20.7. The number of carboxylic acids is 1. The zero-order valence-electron chi connectivity index (χ0n) is 24.2. The molecule has 0 heterocycles. The first kappa shape index (κ1) is 36.8.